The second-order valence-electron chi connectivity index (χ2n) is 6.77. The average molecular weight is 373 g/mol. The molecule has 0 atom stereocenters. The summed E-state index contributed by atoms with van der Waals surface area (Å²) in [5.74, 6) is 0.861. The van der Waals surface area contributed by atoms with Crippen molar-refractivity contribution < 1.29 is 9.53 Å². The molecule has 4 nitrogen and oxygen atoms in total. The molecule has 0 aliphatic carbocycles. The first-order chi connectivity index (χ1) is 12.6. The molecule has 0 aromatic heterocycles. The number of likely N-dealkylation sites (tertiary alicyclic amines) is 1. The van der Waals surface area contributed by atoms with Crippen molar-refractivity contribution in [1.29, 1.82) is 0 Å². The van der Waals surface area contributed by atoms with Gasteiger partial charge in [-0.3, -0.25) is 9.69 Å². The number of amides is 1. The van der Waals surface area contributed by atoms with Crippen LogP contribution in [0.25, 0.3) is 0 Å². The standard InChI is InChI=1S/C21H25ClN2O2/c1-26-20-4-2-3-17(13-20)14-21(25)23-19-9-11-24(12-10-19)15-16-5-7-18(22)8-6-16/h2-8,13,19H,9-12,14-15H2,1H3,(H,23,25). The second-order valence-corrected chi connectivity index (χ2v) is 7.21. The minimum Gasteiger partial charge on any atom is -0.497 e. The molecule has 138 valence electrons. The Labute approximate surface area is 160 Å². The topological polar surface area (TPSA) is 41.6 Å². The van der Waals surface area contributed by atoms with Gasteiger partial charge < -0.3 is 10.1 Å². The first kappa shape index (κ1) is 18.7. The number of hydrogen-bond donors (Lipinski definition) is 1. The van der Waals surface area contributed by atoms with Crippen LogP contribution >= 0.6 is 11.6 Å². The Bertz CT molecular complexity index is 725. The summed E-state index contributed by atoms with van der Waals surface area (Å²) in [6.45, 7) is 2.92. The molecule has 1 aliphatic heterocycles. The monoisotopic (exact) mass is 372 g/mol. The van der Waals surface area contributed by atoms with Gasteiger partial charge in [-0.2, -0.15) is 0 Å². The molecule has 0 bridgehead atoms. The molecule has 1 N–H and O–H groups in total. The lowest BCUT2D eigenvalue weighted by atomic mass is 10.0. The van der Waals surface area contributed by atoms with Gasteiger partial charge in [0.2, 0.25) is 5.91 Å². The lowest BCUT2D eigenvalue weighted by molar-refractivity contribution is -0.121. The van der Waals surface area contributed by atoms with Crippen LogP contribution in [0.2, 0.25) is 5.02 Å². The van der Waals surface area contributed by atoms with E-state index < -0.39 is 0 Å². The van der Waals surface area contributed by atoms with Gasteiger partial charge >= 0.3 is 0 Å². The minimum atomic E-state index is 0.0782. The van der Waals surface area contributed by atoms with Crippen molar-refractivity contribution in [3.8, 4) is 5.75 Å². The molecule has 1 fully saturated rings. The van der Waals surface area contributed by atoms with Gasteiger partial charge in [0.25, 0.3) is 0 Å². The van der Waals surface area contributed by atoms with E-state index in [0.29, 0.717) is 6.42 Å². The molecule has 0 radical (unpaired) electrons. The summed E-state index contributed by atoms with van der Waals surface area (Å²) < 4.78 is 5.21. The van der Waals surface area contributed by atoms with Crippen molar-refractivity contribution in [3.05, 3.63) is 64.7 Å². The van der Waals surface area contributed by atoms with Crippen LogP contribution in [0.4, 0.5) is 0 Å². The lowest BCUT2D eigenvalue weighted by Gasteiger charge is -2.32. The fourth-order valence-corrected chi connectivity index (χ4v) is 3.46. The third-order valence-electron chi connectivity index (χ3n) is 4.77. The summed E-state index contributed by atoms with van der Waals surface area (Å²) in [5.41, 5.74) is 2.25. The zero-order chi connectivity index (χ0) is 18.4. The molecule has 1 heterocycles. The van der Waals surface area contributed by atoms with E-state index in [9.17, 15) is 4.79 Å². The van der Waals surface area contributed by atoms with Crippen molar-refractivity contribution in [2.75, 3.05) is 20.2 Å². The van der Waals surface area contributed by atoms with Gasteiger partial charge in [-0.25, -0.2) is 0 Å². The maximum Gasteiger partial charge on any atom is 0.224 e. The Hall–Kier alpha value is -2.04. The number of hydrogen-bond acceptors (Lipinski definition) is 3. The van der Waals surface area contributed by atoms with E-state index in [1.54, 1.807) is 7.11 Å². The Morgan fingerprint density at radius 3 is 2.58 bits per heavy atom. The number of rotatable bonds is 6. The number of carbonyl (C=O) groups excluding carboxylic acids is 1. The van der Waals surface area contributed by atoms with E-state index in [2.05, 4.69) is 22.3 Å². The van der Waals surface area contributed by atoms with Crippen LogP contribution in [0.15, 0.2) is 48.5 Å². The highest BCUT2D eigenvalue weighted by Gasteiger charge is 2.20. The smallest absolute Gasteiger partial charge is 0.224 e. The van der Waals surface area contributed by atoms with Crippen LogP contribution in [0.5, 0.6) is 5.75 Å². The van der Waals surface area contributed by atoms with Crippen LogP contribution < -0.4 is 10.1 Å². The van der Waals surface area contributed by atoms with Crippen LogP contribution in [-0.4, -0.2) is 37.0 Å². The summed E-state index contributed by atoms with van der Waals surface area (Å²) in [7, 11) is 1.64. The molecular weight excluding hydrogens is 348 g/mol. The Morgan fingerprint density at radius 2 is 1.88 bits per heavy atom. The van der Waals surface area contributed by atoms with E-state index in [-0.39, 0.29) is 11.9 Å². The van der Waals surface area contributed by atoms with Gasteiger partial charge in [-0.15, -0.1) is 0 Å². The van der Waals surface area contributed by atoms with Gasteiger partial charge in [0, 0.05) is 30.7 Å². The van der Waals surface area contributed by atoms with Crippen molar-refractivity contribution in [2.45, 2.75) is 31.8 Å². The van der Waals surface area contributed by atoms with Crippen molar-refractivity contribution in [2.24, 2.45) is 0 Å². The summed E-state index contributed by atoms with van der Waals surface area (Å²) >= 11 is 5.94. The highest BCUT2D eigenvalue weighted by Crippen LogP contribution is 2.17. The van der Waals surface area contributed by atoms with Gasteiger partial charge in [0.05, 0.1) is 13.5 Å². The predicted octanol–water partition coefficient (Wildman–Crippen LogP) is 3.67. The van der Waals surface area contributed by atoms with Gasteiger partial charge in [-0.1, -0.05) is 35.9 Å². The normalized spacial score (nSPS) is 15.6. The van der Waals surface area contributed by atoms with Crippen LogP contribution in [0.1, 0.15) is 24.0 Å². The summed E-state index contributed by atoms with van der Waals surface area (Å²) in [4.78, 5) is 14.7. The number of benzene rings is 2. The molecule has 2 aromatic carbocycles. The van der Waals surface area contributed by atoms with E-state index in [0.717, 1.165) is 48.8 Å². The van der Waals surface area contributed by atoms with E-state index in [1.807, 2.05) is 36.4 Å². The Morgan fingerprint density at radius 1 is 1.15 bits per heavy atom. The Balaban J connectivity index is 1.43. The molecule has 26 heavy (non-hydrogen) atoms. The zero-order valence-corrected chi connectivity index (χ0v) is 15.8. The van der Waals surface area contributed by atoms with Crippen LogP contribution in [0.3, 0.4) is 0 Å². The third kappa shape index (κ3) is 5.48. The highest BCUT2D eigenvalue weighted by molar-refractivity contribution is 6.30. The Kier molecular flexibility index (Phi) is 6.53. The molecule has 1 aliphatic rings. The molecular formula is C21H25ClN2O2. The van der Waals surface area contributed by atoms with Gasteiger partial charge in [-0.05, 0) is 48.2 Å². The van der Waals surface area contributed by atoms with Crippen LogP contribution in [0, 0.1) is 0 Å². The number of methoxy groups -OCH3 is 1. The number of carbonyl (C=O) groups is 1. The third-order valence-corrected chi connectivity index (χ3v) is 5.02. The largest absolute Gasteiger partial charge is 0.497 e. The zero-order valence-electron chi connectivity index (χ0n) is 15.1. The van der Waals surface area contributed by atoms with Gasteiger partial charge in [0.1, 0.15) is 5.75 Å². The van der Waals surface area contributed by atoms with E-state index >= 15 is 0 Å². The van der Waals surface area contributed by atoms with E-state index in [1.165, 1.54) is 5.56 Å². The molecule has 5 heteroatoms. The average Bonchev–Trinajstić information content (AvgIpc) is 2.65. The molecule has 0 spiro atoms. The molecule has 1 amide bonds. The second kappa shape index (κ2) is 9.06. The molecule has 0 saturated carbocycles. The molecule has 2 aromatic rings. The summed E-state index contributed by atoms with van der Waals surface area (Å²) in [6, 6.07) is 15.9. The molecule has 0 unspecified atom stereocenters. The molecule has 1 saturated heterocycles. The quantitative estimate of drug-likeness (QED) is 0.841. The number of halogens is 1. The number of piperidine rings is 1. The maximum atomic E-state index is 12.3. The summed E-state index contributed by atoms with van der Waals surface area (Å²) in [6.07, 6.45) is 2.36. The summed E-state index contributed by atoms with van der Waals surface area (Å²) in [5, 5.41) is 3.94. The van der Waals surface area contributed by atoms with Crippen molar-refractivity contribution >= 4 is 17.5 Å². The minimum absolute atomic E-state index is 0.0782. The van der Waals surface area contributed by atoms with E-state index in [4.69, 9.17) is 16.3 Å². The first-order valence-electron chi connectivity index (χ1n) is 9.01. The fraction of sp³-hybridized carbons (Fsp3) is 0.381. The maximum absolute atomic E-state index is 12.3. The van der Waals surface area contributed by atoms with Crippen molar-refractivity contribution in [3.63, 3.8) is 0 Å². The SMILES string of the molecule is COc1cccc(CC(=O)NC2CCN(Cc3ccc(Cl)cc3)CC2)c1. The fourth-order valence-electron chi connectivity index (χ4n) is 3.33. The number of nitrogens with one attached hydrogen (secondary N) is 1. The number of nitrogens with zero attached hydrogens (tertiary/aromatic N) is 1. The molecule has 3 rings (SSSR count). The van der Waals surface area contributed by atoms with Gasteiger partial charge in [0.15, 0.2) is 0 Å². The van der Waals surface area contributed by atoms with Crippen LogP contribution in [-0.2, 0) is 17.8 Å². The first-order valence-corrected chi connectivity index (χ1v) is 9.39. The lowest BCUT2D eigenvalue weighted by Crippen LogP contribution is -2.44. The van der Waals surface area contributed by atoms with Crippen molar-refractivity contribution in [1.82, 2.24) is 10.2 Å². The predicted molar refractivity (Wildman–Crippen MR) is 105 cm³/mol. The highest BCUT2D eigenvalue weighted by atomic mass is 35.5. The number of ether oxygens (including phenoxy) is 1.